The Morgan fingerprint density at radius 1 is 1.00 bits per heavy atom. The maximum absolute atomic E-state index is 13.5. The van der Waals surface area contributed by atoms with Gasteiger partial charge in [0.1, 0.15) is 12.6 Å². The Hall–Kier alpha value is -2.87. The molecule has 0 spiro atoms. The second-order valence-corrected chi connectivity index (χ2v) is 11.4. The zero-order valence-corrected chi connectivity index (χ0v) is 21.9. The molecule has 2 aromatic carbocycles. The number of hydrogen-bond donors (Lipinski definition) is 1. The molecule has 2 rings (SSSR count). The normalized spacial score (nSPS) is 12.6. The van der Waals surface area contributed by atoms with E-state index in [4.69, 9.17) is 0 Å². The largest absolute Gasteiger partial charge is 0.354 e. The van der Waals surface area contributed by atoms with Crippen molar-refractivity contribution in [3.63, 3.8) is 0 Å². The van der Waals surface area contributed by atoms with Gasteiger partial charge in [-0.05, 0) is 42.0 Å². The molecule has 0 aliphatic heterocycles. The van der Waals surface area contributed by atoms with Crippen molar-refractivity contribution in [1.29, 1.82) is 0 Å². The van der Waals surface area contributed by atoms with Crippen LogP contribution >= 0.6 is 0 Å². The molecule has 8 heteroatoms. The van der Waals surface area contributed by atoms with Crippen LogP contribution in [0.1, 0.15) is 52.2 Å². The summed E-state index contributed by atoms with van der Waals surface area (Å²) in [4.78, 5) is 27.6. The molecule has 0 radical (unpaired) electrons. The zero-order valence-electron chi connectivity index (χ0n) is 21.0. The number of carbonyl (C=O) groups excluding carboxylic acids is 2. The molecule has 7 nitrogen and oxygen atoms in total. The fourth-order valence-corrected chi connectivity index (χ4v) is 4.35. The molecule has 0 aliphatic carbocycles. The van der Waals surface area contributed by atoms with E-state index in [-0.39, 0.29) is 17.9 Å². The van der Waals surface area contributed by atoms with Gasteiger partial charge in [-0.15, -0.1) is 0 Å². The lowest BCUT2D eigenvalue weighted by Gasteiger charge is -2.31. The summed E-state index contributed by atoms with van der Waals surface area (Å²) in [5, 5.41) is 2.82. The predicted molar refractivity (Wildman–Crippen MR) is 137 cm³/mol. The Labute approximate surface area is 204 Å². The summed E-state index contributed by atoms with van der Waals surface area (Å²) in [5.41, 5.74) is 2.24. The Bertz CT molecular complexity index is 1060. The maximum Gasteiger partial charge on any atom is 0.244 e. The summed E-state index contributed by atoms with van der Waals surface area (Å²) in [7, 11) is -3.74. The van der Waals surface area contributed by atoms with Crippen molar-refractivity contribution in [2.45, 2.75) is 59.0 Å². The molecule has 0 fully saturated rings. The minimum Gasteiger partial charge on any atom is -0.354 e. The van der Waals surface area contributed by atoms with E-state index in [0.29, 0.717) is 12.2 Å². The molecule has 0 unspecified atom stereocenters. The van der Waals surface area contributed by atoms with Crippen LogP contribution in [0.3, 0.4) is 0 Å². The van der Waals surface area contributed by atoms with Crippen molar-refractivity contribution in [3.8, 4) is 0 Å². The second-order valence-electron chi connectivity index (χ2n) is 9.54. The summed E-state index contributed by atoms with van der Waals surface area (Å²) in [6, 6.07) is 15.8. The van der Waals surface area contributed by atoms with Gasteiger partial charge in [-0.2, -0.15) is 0 Å². The van der Waals surface area contributed by atoms with Crippen LogP contribution in [0, 0.1) is 0 Å². The van der Waals surface area contributed by atoms with Gasteiger partial charge >= 0.3 is 0 Å². The number of nitrogens with one attached hydrogen (secondary N) is 1. The molecule has 186 valence electrons. The van der Waals surface area contributed by atoms with Crippen LogP contribution in [0.15, 0.2) is 54.6 Å². The number of anilines is 1. The molecular formula is C26H37N3O4S. The smallest absolute Gasteiger partial charge is 0.244 e. The molecule has 1 N–H and O–H groups in total. The van der Waals surface area contributed by atoms with Crippen LogP contribution in [0.25, 0.3) is 0 Å². The molecular weight excluding hydrogens is 450 g/mol. The topological polar surface area (TPSA) is 86.8 Å². The van der Waals surface area contributed by atoms with E-state index in [1.54, 1.807) is 19.1 Å². The number of hydrogen-bond acceptors (Lipinski definition) is 4. The Morgan fingerprint density at radius 2 is 1.59 bits per heavy atom. The fourth-order valence-electron chi connectivity index (χ4n) is 3.50. The molecule has 0 bridgehead atoms. The standard InChI is InChI=1S/C26H37N3O4S/c1-7-17-27-25(31)20(2)28(18-21-11-9-8-10-12-21)24(30)19-29(34(6,32)33)23-15-13-22(14-16-23)26(3,4)5/h8-16,20H,7,17-19H2,1-6H3,(H,27,31)/t20-/m1/s1. The van der Waals surface area contributed by atoms with Gasteiger partial charge in [0.15, 0.2) is 0 Å². The van der Waals surface area contributed by atoms with Gasteiger partial charge in [-0.25, -0.2) is 8.42 Å². The van der Waals surface area contributed by atoms with Crippen LogP contribution in [0.5, 0.6) is 0 Å². The predicted octanol–water partition coefficient (Wildman–Crippen LogP) is 3.69. The van der Waals surface area contributed by atoms with E-state index in [1.807, 2.05) is 49.4 Å². The molecule has 0 aliphatic rings. The van der Waals surface area contributed by atoms with Crippen molar-refractivity contribution in [2.24, 2.45) is 0 Å². The monoisotopic (exact) mass is 487 g/mol. The highest BCUT2D eigenvalue weighted by Crippen LogP contribution is 2.26. The summed E-state index contributed by atoms with van der Waals surface area (Å²) in [5.74, 6) is -0.722. The first kappa shape index (κ1) is 27.4. The van der Waals surface area contributed by atoms with Crippen molar-refractivity contribution in [2.75, 3.05) is 23.7 Å². The highest BCUT2D eigenvalue weighted by atomic mass is 32.2. The van der Waals surface area contributed by atoms with Crippen molar-refractivity contribution in [1.82, 2.24) is 10.2 Å². The lowest BCUT2D eigenvalue weighted by atomic mass is 9.87. The van der Waals surface area contributed by atoms with Gasteiger partial charge in [0.05, 0.1) is 11.9 Å². The molecule has 0 aromatic heterocycles. The van der Waals surface area contributed by atoms with Gasteiger partial charge in [0, 0.05) is 13.1 Å². The van der Waals surface area contributed by atoms with E-state index < -0.39 is 28.5 Å². The van der Waals surface area contributed by atoms with Crippen LogP contribution in [-0.2, 0) is 31.6 Å². The summed E-state index contributed by atoms with van der Waals surface area (Å²) in [6.45, 7) is 10.1. The van der Waals surface area contributed by atoms with E-state index in [9.17, 15) is 18.0 Å². The van der Waals surface area contributed by atoms with Gasteiger partial charge < -0.3 is 10.2 Å². The Kier molecular flexibility index (Phi) is 9.27. The third kappa shape index (κ3) is 7.58. The molecule has 1 atom stereocenters. The van der Waals surface area contributed by atoms with Gasteiger partial charge in [0.2, 0.25) is 21.8 Å². The van der Waals surface area contributed by atoms with E-state index in [1.165, 1.54) is 4.90 Å². The van der Waals surface area contributed by atoms with Crippen LogP contribution in [0.2, 0.25) is 0 Å². The van der Waals surface area contributed by atoms with Gasteiger partial charge in [-0.3, -0.25) is 13.9 Å². The summed E-state index contributed by atoms with van der Waals surface area (Å²) >= 11 is 0. The average Bonchev–Trinajstić information content (AvgIpc) is 2.78. The summed E-state index contributed by atoms with van der Waals surface area (Å²) < 4.78 is 26.4. The number of sulfonamides is 1. The third-order valence-electron chi connectivity index (χ3n) is 5.61. The number of benzene rings is 2. The van der Waals surface area contributed by atoms with Crippen LogP contribution in [-0.4, -0.2) is 50.5 Å². The maximum atomic E-state index is 13.5. The van der Waals surface area contributed by atoms with Gasteiger partial charge in [0.25, 0.3) is 0 Å². The van der Waals surface area contributed by atoms with Crippen molar-refractivity contribution in [3.05, 3.63) is 65.7 Å². The number of amides is 2. The SMILES string of the molecule is CCCNC(=O)[C@@H](C)N(Cc1ccccc1)C(=O)CN(c1ccc(C(C)(C)C)cc1)S(C)(=O)=O. The molecule has 2 amide bonds. The van der Waals surface area contributed by atoms with E-state index in [2.05, 4.69) is 26.1 Å². The van der Waals surface area contributed by atoms with E-state index >= 15 is 0 Å². The van der Waals surface area contributed by atoms with Gasteiger partial charge in [-0.1, -0.05) is 70.2 Å². The third-order valence-corrected chi connectivity index (χ3v) is 6.75. The average molecular weight is 488 g/mol. The first-order valence-electron chi connectivity index (χ1n) is 11.5. The number of nitrogens with zero attached hydrogens (tertiary/aromatic N) is 2. The molecule has 0 heterocycles. The molecule has 2 aromatic rings. The number of carbonyl (C=O) groups is 2. The van der Waals surface area contributed by atoms with E-state index in [0.717, 1.165) is 28.1 Å². The quantitative estimate of drug-likeness (QED) is 0.554. The Morgan fingerprint density at radius 3 is 2.09 bits per heavy atom. The molecule has 0 saturated carbocycles. The van der Waals surface area contributed by atoms with Crippen molar-refractivity contribution >= 4 is 27.5 Å². The highest BCUT2D eigenvalue weighted by molar-refractivity contribution is 7.92. The molecule has 34 heavy (non-hydrogen) atoms. The van der Waals surface area contributed by atoms with Crippen LogP contribution < -0.4 is 9.62 Å². The first-order chi connectivity index (χ1) is 15.8. The fraction of sp³-hybridized carbons (Fsp3) is 0.462. The second kappa shape index (κ2) is 11.5. The van der Waals surface area contributed by atoms with Crippen LogP contribution in [0.4, 0.5) is 5.69 Å². The minimum absolute atomic E-state index is 0.0853. The lowest BCUT2D eigenvalue weighted by molar-refractivity contribution is -0.139. The summed E-state index contributed by atoms with van der Waals surface area (Å²) in [6.07, 6.45) is 1.86. The zero-order chi connectivity index (χ0) is 25.5. The highest BCUT2D eigenvalue weighted by Gasteiger charge is 2.30. The first-order valence-corrected chi connectivity index (χ1v) is 13.4. The number of rotatable bonds is 10. The van der Waals surface area contributed by atoms with Crippen molar-refractivity contribution < 1.29 is 18.0 Å². The minimum atomic E-state index is -3.74. The molecule has 0 saturated heterocycles. The Balaban J connectivity index is 2.35. The lowest BCUT2D eigenvalue weighted by Crippen LogP contribution is -2.51.